The van der Waals surface area contributed by atoms with Gasteiger partial charge in [-0.2, -0.15) is 5.10 Å². The van der Waals surface area contributed by atoms with Crippen LogP contribution >= 0.6 is 0 Å². The summed E-state index contributed by atoms with van der Waals surface area (Å²) in [5.74, 6) is -0.702. The van der Waals surface area contributed by atoms with Crippen LogP contribution in [0.15, 0.2) is 35.4 Å². The molecule has 0 saturated heterocycles. The summed E-state index contributed by atoms with van der Waals surface area (Å²) in [4.78, 5) is 10.5. The Morgan fingerprint density at radius 2 is 2.06 bits per heavy atom. The number of benzene rings is 1. The Hall–Kier alpha value is -1.84. The molecule has 16 heavy (non-hydrogen) atoms. The van der Waals surface area contributed by atoms with Crippen LogP contribution in [0.1, 0.15) is 25.3 Å². The zero-order chi connectivity index (χ0) is 12.0. The lowest BCUT2D eigenvalue weighted by atomic mass is 10.0. The molecule has 0 aliphatic rings. The fourth-order valence-corrected chi connectivity index (χ4v) is 1.25. The summed E-state index contributed by atoms with van der Waals surface area (Å²) >= 11 is 0. The summed E-state index contributed by atoms with van der Waals surface area (Å²) in [6, 6.07) is 10.0. The fourth-order valence-electron chi connectivity index (χ4n) is 1.25. The van der Waals surface area contributed by atoms with Gasteiger partial charge >= 0.3 is 5.97 Å². The number of hydrogen-bond donors (Lipinski definition) is 2. The van der Waals surface area contributed by atoms with Crippen molar-refractivity contribution < 1.29 is 9.90 Å². The maximum atomic E-state index is 10.5. The van der Waals surface area contributed by atoms with E-state index >= 15 is 0 Å². The highest BCUT2D eigenvalue weighted by Crippen LogP contribution is 2.12. The number of carbonyl (C=O) groups is 1. The van der Waals surface area contributed by atoms with Gasteiger partial charge in [0.15, 0.2) is 0 Å². The Labute approximate surface area is 95.0 Å². The smallest absolute Gasteiger partial charge is 0.351 e. The Balaban J connectivity index is 2.45. The number of hydrazone groups is 1. The maximum absolute atomic E-state index is 10.5. The third-order valence-electron chi connectivity index (χ3n) is 2.32. The van der Waals surface area contributed by atoms with E-state index in [9.17, 15) is 4.79 Å². The van der Waals surface area contributed by atoms with Crippen molar-refractivity contribution in [1.29, 1.82) is 0 Å². The molecule has 0 radical (unpaired) electrons. The molecule has 0 bridgehead atoms. The second-order valence-electron chi connectivity index (χ2n) is 3.68. The number of nitrogens with one attached hydrogen (secondary N) is 1. The molecule has 1 unspecified atom stereocenters. The van der Waals surface area contributed by atoms with Crippen LogP contribution in [0.25, 0.3) is 0 Å². The first-order chi connectivity index (χ1) is 7.61. The molecule has 1 aromatic rings. The zero-order valence-corrected chi connectivity index (χ0v) is 9.47. The summed E-state index contributed by atoms with van der Waals surface area (Å²) in [5, 5.41) is 12.3. The predicted octanol–water partition coefficient (Wildman–Crippen LogP) is 1.84. The van der Waals surface area contributed by atoms with E-state index in [0.29, 0.717) is 12.5 Å². The van der Waals surface area contributed by atoms with Crippen LogP contribution in [0.3, 0.4) is 0 Å². The lowest BCUT2D eigenvalue weighted by Gasteiger charge is -2.11. The van der Waals surface area contributed by atoms with Gasteiger partial charge in [0.05, 0.1) is 0 Å². The van der Waals surface area contributed by atoms with Gasteiger partial charge in [-0.1, -0.05) is 37.3 Å². The molecule has 1 aromatic carbocycles. The number of nitrogens with zero attached hydrogens (tertiary/aromatic N) is 1. The summed E-state index contributed by atoms with van der Waals surface area (Å²) in [6.45, 7) is 4.14. The standard InChI is InChI=1S/C12H16N2O2/c1-9(11-6-4-3-5-7-11)8-13-14-10(2)12(15)16/h3-7,9,13H,8H2,1-2H3,(H,15,16)/b14-10+. The fraction of sp³-hybridized carbons (Fsp3) is 0.333. The minimum atomic E-state index is -1.00. The molecule has 1 rings (SSSR count). The molecule has 0 spiro atoms. The molecular weight excluding hydrogens is 204 g/mol. The highest BCUT2D eigenvalue weighted by Gasteiger charge is 2.04. The van der Waals surface area contributed by atoms with Crippen molar-refractivity contribution in [2.24, 2.45) is 5.10 Å². The SMILES string of the molecule is C/C(=N\NCC(C)c1ccccc1)C(=O)O. The van der Waals surface area contributed by atoms with E-state index in [1.807, 2.05) is 30.3 Å². The van der Waals surface area contributed by atoms with E-state index < -0.39 is 5.97 Å². The lowest BCUT2D eigenvalue weighted by molar-refractivity contribution is -0.129. The molecule has 2 N–H and O–H groups in total. The first-order valence-corrected chi connectivity index (χ1v) is 5.16. The predicted molar refractivity (Wildman–Crippen MR) is 63.6 cm³/mol. The topological polar surface area (TPSA) is 61.7 Å². The summed E-state index contributed by atoms with van der Waals surface area (Å²) < 4.78 is 0. The van der Waals surface area contributed by atoms with Gasteiger partial charge in [-0.3, -0.25) is 0 Å². The van der Waals surface area contributed by atoms with Crippen LogP contribution in [-0.2, 0) is 4.79 Å². The van der Waals surface area contributed by atoms with Crippen molar-refractivity contribution >= 4 is 11.7 Å². The quantitative estimate of drug-likeness (QED) is 0.588. The molecule has 0 amide bonds. The molecule has 0 aliphatic carbocycles. The van der Waals surface area contributed by atoms with Gasteiger partial charge in [-0.05, 0) is 12.5 Å². The van der Waals surface area contributed by atoms with Crippen molar-refractivity contribution in [3.05, 3.63) is 35.9 Å². The lowest BCUT2D eigenvalue weighted by Crippen LogP contribution is -2.19. The van der Waals surface area contributed by atoms with E-state index in [1.54, 1.807) is 0 Å². The van der Waals surface area contributed by atoms with Crippen molar-refractivity contribution in [3.63, 3.8) is 0 Å². The van der Waals surface area contributed by atoms with E-state index in [4.69, 9.17) is 5.11 Å². The molecule has 0 heterocycles. The van der Waals surface area contributed by atoms with Crippen molar-refractivity contribution in [1.82, 2.24) is 5.43 Å². The van der Waals surface area contributed by atoms with Crippen LogP contribution in [0.5, 0.6) is 0 Å². The zero-order valence-electron chi connectivity index (χ0n) is 9.47. The molecule has 86 valence electrons. The third-order valence-corrected chi connectivity index (χ3v) is 2.32. The third kappa shape index (κ3) is 3.73. The Morgan fingerprint density at radius 1 is 1.44 bits per heavy atom. The van der Waals surface area contributed by atoms with Gasteiger partial charge < -0.3 is 10.5 Å². The van der Waals surface area contributed by atoms with E-state index in [1.165, 1.54) is 12.5 Å². The highest BCUT2D eigenvalue weighted by molar-refractivity contribution is 6.34. The molecule has 4 nitrogen and oxygen atoms in total. The first-order valence-electron chi connectivity index (χ1n) is 5.16. The van der Waals surface area contributed by atoms with Crippen LogP contribution in [0.4, 0.5) is 0 Å². The van der Waals surface area contributed by atoms with Crippen molar-refractivity contribution in [3.8, 4) is 0 Å². The average molecular weight is 220 g/mol. The monoisotopic (exact) mass is 220 g/mol. The minimum Gasteiger partial charge on any atom is -0.477 e. The molecular formula is C12H16N2O2. The number of aliphatic carboxylic acids is 1. The molecule has 0 fully saturated rings. The number of carboxylic acid groups (broad SMARTS) is 1. The van der Waals surface area contributed by atoms with Gasteiger partial charge in [-0.25, -0.2) is 4.79 Å². The van der Waals surface area contributed by atoms with E-state index in [2.05, 4.69) is 17.5 Å². The minimum absolute atomic E-state index is 0.0697. The molecule has 0 aromatic heterocycles. The van der Waals surface area contributed by atoms with Gasteiger partial charge in [0.1, 0.15) is 5.71 Å². The number of carboxylic acids is 1. The highest BCUT2D eigenvalue weighted by atomic mass is 16.4. The summed E-state index contributed by atoms with van der Waals surface area (Å²) in [6.07, 6.45) is 0. The molecule has 0 saturated carbocycles. The van der Waals surface area contributed by atoms with Crippen molar-refractivity contribution in [2.75, 3.05) is 6.54 Å². The van der Waals surface area contributed by atoms with Crippen LogP contribution in [0, 0.1) is 0 Å². The van der Waals surface area contributed by atoms with Crippen LogP contribution < -0.4 is 5.43 Å². The van der Waals surface area contributed by atoms with Gasteiger partial charge in [0, 0.05) is 12.5 Å². The second-order valence-corrected chi connectivity index (χ2v) is 3.68. The van der Waals surface area contributed by atoms with E-state index in [0.717, 1.165) is 0 Å². The van der Waals surface area contributed by atoms with Gasteiger partial charge in [0.25, 0.3) is 0 Å². The van der Waals surface area contributed by atoms with E-state index in [-0.39, 0.29) is 5.71 Å². The molecule has 4 heteroatoms. The summed E-state index contributed by atoms with van der Waals surface area (Å²) in [5.41, 5.74) is 4.05. The van der Waals surface area contributed by atoms with Crippen LogP contribution in [0.2, 0.25) is 0 Å². The summed E-state index contributed by atoms with van der Waals surface area (Å²) in [7, 11) is 0. The molecule has 1 atom stereocenters. The van der Waals surface area contributed by atoms with Crippen molar-refractivity contribution in [2.45, 2.75) is 19.8 Å². The first kappa shape index (κ1) is 12.2. The Bertz CT molecular complexity index is 374. The molecule has 0 aliphatic heterocycles. The normalized spacial score (nSPS) is 13.2. The van der Waals surface area contributed by atoms with Crippen LogP contribution in [-0.4, -0.2) is 23.3 Å². The average Bonchev–Trinajstić information content (AvgIpc) is 2.29. The number of hydrogen-bond acceptors (Lipinski definition) is 3. The van der Waals surface area contributed by atoms with Gasteiger partial charge in [0.2, 0.25) is 0 Å². The second kappa shape index (κ2) is 5.90. The number of rotatable bonds is 5. The Kier molecular flexibility index (Phi) is 4.51. The maximum Gasteiger partial charge on any atom is 0.351 e. The Morgan fingerprint density at radius 3 is 2.62 bits per heavy atom. The van der Waals surface area contributed by atoms with Gasteiger partial charge in [-0.15, -0.1) is 0 Å². The largest absolute Gasteiger partial charge is 0.477 e.